The first-order chi connectivity index (χ1) is 13.9. The van der Waals surface area contributed by atoms with E-state index in [1.165, 1.54) is 29.1 Å². The third-order valence-corrected chi connectivity index (χ3v) is 3.64. The number of rotatable bonds is 7. The molecule has 0 saturated heterocycles. The minimum Gasteiger partial charge on any atom is -0.378 e. The van der Waals surface area contributed by atoms with E-state index < -0.39 is 10.8 Å². The number of nitrogens with two attached hydrogens (primary N) is 1. The normalized spacial score (nSPS) is 11.3. The number of carbonyl (C=O) groups is 1. The predicted octanol–water partition coefficient (Wildman–Crippen LogP) is -0.0338. The van der Waals surface area contributed by atoms with Crippen LogP contribution in [-0.2, 0) is 6.54 Å². The molecule has 0 radical (unpaired) electrons. The van der Waals surface area contributed by atoms with Gasteiger partial charge in [-0.2, -0.15) is 9.78 Å². The lowest BCUT2D eigenvalue weighted by atomic mass is 10.2. The molecule has 14 nitrogen and oxygen atoms in total. The van der Waals surface area contributed by atoms with Crippen molar-refractivity contribution in [2.45, 2.75) is 6.54 Å². The van der Waals surface area contributed by atoms with Gasteiger partial charge in [0.2, 0.25) is 11.6 Å². The Morgan fingerprint density at radius 3 is 2.83 bits per heavy atom. The first-order valence-electron chi connectivity index (χ1n) is 8.13. The van der Waals surface area contributed by atoms with E-state index in [1.807, 2.05) is 0 Å². The summed E-state index contributed by atoms with van der Waals surface area (Å²) >= 11 is 0. The molecule has 3 rings (SSSR count). The van der Waals surface area contributed by atoms with Gasteiger partial charge >= 0.3 is 0 Å². The van der Waals surface area contributed by atoms with E-state index in [0.29, 0.717) is 5.69 Å². The third kappa shape index (κ3) is 4.22. The highest BCUT2D eigenvalue weighted by Gasteiger charge is 2.24. The minimum absolute atomic E-state index is 0.0173. The number of anilines is 1. The molecule has 0 aliphatic carbocycles. The zero-order valence-corrected chi connectivity index (χ0v) is 15.4. The number of hydrogen-bond acceptors (Lipinski definition) is 11. The molecule has 1 amide bonds. The number of nitro groups is 1. The molecule has 3 aromatic rings. The number of carbonyl (C=O) groups excluding carboxylic acids is 1. The van der Waals surface area contributed by atoms with Crippen LogP contribution in [0.5, 0.6) is 0 Å². The van der Waals surface area contributed by atoms with Crippen molar-refractivity contribution in [2.75, 3.05) is 19.8 Å². The number of nitrogen functional groups attached to an aromatic ring is 1. The maximum Gasteiger partial charge on any atom is 0.293 e. The molecule has 0 aliphatic rings. The van der Waals surface area contributed by atoms with E-state index in [1.54, 1.807) is 25.1 Å². The van der Waals surface area contributed by atoms with Crippen LogP contribution in [0.1, 0.15) is 21.7 Å². The Labute approximate surface area is 163 Å². The van der Waals surface area contributed by atoms with Crippen LogP contribution in [0.2, 0.25) is 0 Å². The van der Waals surface area contributed by atoms with E-state index in [0.717, 1.165) is 0 Å². The molecule has 150 valence electrons. The molecule has 2 heterocycles. The van der Waals surface area contributed by atoms with Gasteiger partial charge in [0.25, 0.3) is 11.6 Å². The lowest BCUT2D eigenvalue weighted by molar-refractivity contribution is -0.385. The van der Waals surface area contributed by atoms with E-state index in [4.69, 9.17) is 5.73 Å². The van der Waals surface area contributed by atoms with E-state index in [2.05, 4.69) is 35.8 Å². The fourth-order valence-corrected chi connectivity index (χ4v) is 2.40. The van der Waals surface area contributed by atoms with Crippen LogP contribution < -0.4 is 11.2 Å². The Balaban J connectivity index is 1.85. The van der Waals surface area contributed by atoms with Crippen LogP contribution in [0.25, 0.3) is 5.82 Å². The Hall–Kier alpha value is -4.20. The number of hydrazone groups is 1. The molecule has 2 aromatic heterocycles. The van der Waals surface area contributed by atoms with Crippen LogP contribution in [0, 0.1) is 10.1 Å². The molecule has 0 bridgehead atoms. The monoisotopic (exact) mass is 400 g/mol. The zero-order valence-electron chi connectivity index (χ0n) is 15.4. The number of para-hydroxylation sites is 1. The Morgan fingerprint density at radius 1 is 1.41 bits per heavy atom. The quantitative estimate of drug-likeness (QED) is 0.310. The second kappa shape index (κ2) is 8.22. The average Bonchev–Trinajstić information content (AvgIpc) is 3.27. The number of hydrogen-bond donors (Lipinski definition) is 2. The molecule has 29 heavy (non-hydrogen) atoms. The van der Waals surface area contributed by atoms with Gasteiger partial charge in [0, 0.05) is 12.6 Å². The summed E-state index contributed by atoms with van der Waals surface area (Å²) in [4.78, 5) is 24.8. The average molecular weight is 400 g/mol. The first kappa shape index (κ1) is 19.6. The summed E-state index contributed by atoms with van der Waals surface area (Å²) in [6.07, 6.45) is 1.17. The lowest BCUT2D eigenvalue weighted by Crippen LogP contribution is -2.23. The topological polar surface area (TPSA) is 183 Å². The maximum atomic E-state index is 12.5. The summed E-state index contributed by atoms with van der Waals surface area (Å²) in [7, 11) is 3.58. The van der Waals surface area contributed by atoms with Crippen LogP contribution >= 0.6 is 0 Å². The van der Waals surface area contributed by atoms with E-state index in [9.17, 15) is 14.9 Å². The first-order valence-corrected chi connectivity index (χ1v) is 8.13. The molecule has 0 unspecified atom stereocenters. The largest absolute Gasteiger partial charge is 0.378 e. The standard InChI is InChI=1S/C15H16N10O4/c1-23(2)8-11-12(18-22-24(11)14-13(16)20-29-21-14)15(26)19-17-7-9-5-3-4-6-10(9)25(27)28/h3-7H,8H2,1-2H3,(H2,16,20)(H,19,26)/b17-7+. The number of nitrogens with zero attached hydrogens (tertiary/aromatic N) is 8. The van der Waals surface area contributed by atoms with Crippen LogP contribution in [-0.4, -0.2) is 61.3 Å². The van der Waals surface area contributed by atoms with Gasteiger partial charge in [0.1, 0.15) is 0 Å². The van der Waals surface area contributed by atoms with Crippen molar-refractivity contribution < 1.29 is 14.3 Å². The summed E-state index contributed by atoms with van der Waals surface area (Å²) in [6, 6.07) is 5.99. The van der Waals surface area contributed by atoms with Crippen molar-refractivity contribution >= 4 is 23.6 Å². The summed E-state index contributed by atoms with van der Waals surface area (Å²) in [6.45, 7) is 0.274. The second-order valence-corrected chi connectivity index (χ2v) is 6.02. The molecule has 14 heteroatoms. The molecule has 0 saturated carbocycles. The molecular weight excluding hydrogens is 384 g/mol. The van der Waals surface area contributed by atoms with Crippen LogP contribution in [0.4, 0.5) is 11.5 Å². The zero-order chi connectivity index (χ0) is 21.0. The highest BCUT2D eigenvalue weighted by atomic mass is 16.6. The number of nitrogens with one attached hydrogen (secondary N) is 1. The number of nitro benzene ring substituents is 1. The molecule has 0 fully saturated rings. The second-order valence-electron chi connectivity index (χ2n) is 6.02. The molecular formula is C15H16N10O4. The predicted molar refractivity (Wildman–Crippen MR) is 99.2 cm³/mol. The third-order valence-electron chi connectivity index (χ3n) is 3.64. The van der Waals surface area contributed by atoms with Crippen molar-refractivity contribution in [3.05, 3.63) is 51.3 Å². The number of benzene rings is 1. The van der Waals surface area contributed by atoms with Gasteiger partial charge in [-0.05, 0) is 30.5 Å². The molecule has 0 aliphatic heterocycles. The fraction of sp³-hybridized carbons (Fsp3) is 0.200. The fourth-order valence-electron chi connectivity index (χ4n) is 2.40. The van der Waals surface area contributed by atoms with Gasteiger partial charge in [-0.15, -0.1) is 5.10 Å². The van der Waals surface area contributed by atoms with Gasteiger partial charge in [-0.3, -0.25) is 14.9 Å². The molecule has 0 spiro atoms. The molecule has 1 aromatic carbocycles. The smallest absolute Gasteiger partial charge is 0.293 e. The van der Waals surface area contributed by atoms with Gasteiger partial charge in [-0.1, -0.05) is 17.3 Å². The number of aromatic nitrogens is 5. The Kier molecular flexibility index (Phi) is 5.54. The van der Waals surface area contributed by atoms with E-state index >= 15 is 0 Å². The van der Waals surface area contributed by atoms with Gasteiger partial charge < -0.3 is 10.6 Å². The van der Waals surface area contributed by atoms with E-state index in [-0.39, 0.29) is 35.1 Å². The minimum atomic E-state index is -0.669. The van der Waals surface area contributed by atoms with Gasteiger partial charge in [-0.25, -0.2) is 10.1 Å². The summed E-state index contributed by atoms with van der Waals surface area (Å²) < 4.78 is 5.81. The van der Waals surface area contributed by atoms with Crippen LogP contribution in [0.3, 0.4) is 0 Å². The van der Waals surface area contributed by atoms with Gasteiger partial charge in [0.15, 0.2) is 5.69 Å². The van der Waals surface area contributed by atoms with Crippen molar-refractivity contribution in [3.63, 3.8) is 0 Å². The van der Waals surface area contributed by atoms with Crippen LogP contribution in [0.15, 0.2) is 34.0 Å². The number of amides is 1. The van der Waals surface area contributed by atoms with Gasteiger partial charge in [0.05, 0.1) is 22.4 Å². The summed E-state index contributed by atoms with van der Waals surface area (Å²) in [5.74, 6) is -0.592. The van der Waals surface area contributed by atoms with Crippen molar-refractivity contribution in [2.24, 2.45) is 5.10 Å². The molecule has 0 atom stereocenters. The van der Waals surface area contributed by atoms with Crippen molar-refractivity contribution in [3.8, 4) is 5.82 Å². The Morgan fingerprint density at radius 2 is 2.17 bits per heavy atom. The Bertz CT molecular complexity index is 1070. The highest BCUT2D eigenvalue weighted by molar-refractivity contribution is 5.94. The van der Waals surface area contributed by atoms with Crippen molar-refractivity contribution in [1.29, 1.82) is 0 Å². The molecule has 3 N–H and O–H groups in total. The summed E-state index contributed by atoms with van der Waals surface area (Å²) in [5.41, 5.74) is 8.41. The van der Waals surface area contributed by atoms with Crippen molar-refractivity contribution in [1.82, 2.24) is 35.6 Å². The lowest BCUT2D eigenvalue weighted by Gasteiger charge is -2.11. The summed E-state index contributed by atoms with van der Waals surface area (Å²) in [5, 5.41) is 29.7. The SMILES string of the molecule is CN(C)Cc1c(C(=O)N/N=C/c2ccccc2[N+](=O)[O-])nnn1-c1nonc1N. The maximum absolute atomic E-state index is 12.5. The highest BCUT2D eigenvalue weighted by Crippen LogP contribution is 2.17.